The number of carbonyl (C=O) groups is 1. The molecule has 0 spiro atoms. The lowest BCUT2D eigenvalue weighted by molar-refractivity contribution is -0.144. The first-order valence-corrected chi connectivity index (χ1v) is 8.00. The van der Waals surface area contributed by atoms with Crippen molar-refractivity contribution >= 4 is 21.8 Å². The van der Waals surface area contributed by atoms with Crippen LogP contribution in [0, 0.1) is 6.92 Å². The second-order valence-electron chi connectivity index (χ2n) is 5.35. The Labute approximate surface area is 145 Å². The molecule has 2 heterocycles. The van der Waals surface area contributed by atoms with E-state index in [0.29, 0.717) is 11.2 Å². The lowest BCUT2D eigenvalue weighted by Crippen LogP contribution is -2.27. The molecular weight excluding hydrogens is 391 g/mol. The largest absolute Gasteiger partial charge is 0.434 e. The highest BCUT2D eigenvalue weighted by Crippen LogP contribution is 2.36. The summed E-state index contributed by atoms with van der Waals surface area (Å²) in [6.07, 6.45) is -2.81. The fourth-order valence-corrected chi connectivity index (χ4v) is 3.15. The average molecular weight is 408 g/mol. The van der Waals surface area contributed by atoms with Gasteiger partial charge in [-0.05, 0) is 36.7 Å². The normalized spacial score (nSPS) is 13.2. The van der Waals surface area contributed by atoms with Crippen LogP contribution in [0.15, 0.2) is 10.7 Å². The molecule has 2 rings (SSSR count). The van der Waals surface area contributed by atoms with Crippen LogP contribution in [0.3, 0.4) is 0 Å². The summed E-state index contributed by atoms with van der Waals surface area (Å²) in [5, 5.41) is 10.6. The number of carbonyl (C=O) groups excluding carboxylic acids is 1. The van der Waals surface area contributed by atoms with Gasteiger partial charge in [0.2, 0.25) is 0 Å². The summed E-state index contributed by atoms with van der Waals surface area (Å²) in [4.78, 5) is 12.3. The zero-order valence-electron chi connectivity index (χ0n) is 13.6. The molecule has 24 heavy (non-hydrogen) atoms. The summed E-state index contributed by atoms with van der Waals surface area (Å²) in [5.74, 6) is -0.691. The van der Waals surface area contributed by atoms with Gasteiger partial charge in [-0.15, -0.1) is 0 Å². The highest BCUT2D eigenvalue weighted by Gasteiger charge is 2.39. The number of aromatic nitrogens is 4. The van der Waals surface area contributed by atoms with Gasteiger partial charge in [0.05, 0.1) is 16.2 Å². The fraction of sp³-hybridized carbons (Fsp3) is 0.500. The van der Waals surface area contributed by atoms with Crippen molar-refractivity contribution in [2.45, 2.75) is 39.5 Å². The highest BCUT2D eigenvalue weighted by atomic mass is 79.9. The van der Waals surface area contributed by atoms with E-state index in [9.17, 15) is 18.0 Å². The van der Waals surface area contributed by atoms with Gasteiger partial charge in [-0.3, -0.25) is 14.2 Å². The van der Waals surface area contributed by atoms with E-state index < -0.39 is 23.8 Å². The third kappa shape index (κ3) is 3.47. The first kappa shape index (κ1) is 18.5. The van der Waals surface area contributed by atoms with Gasteiger partial charge < -0.3 is 5.32 Å². The molecule has 0 aliphatic heterocycles. The molecule has 6 nitrogen and oxygen atoms in total. The fourth-order valence-electron chi connectivity index (χ4n) is 2.41. The van der Waals surface area contributed by atoms with Crippen LogP contribution < -0.4 is 5.32 Å². The summed E-state index contributed by atoms with van der Waals surface area (Å²) < 4.78 is 40.9. The topological polar surface area (TPSA) is 64.7 Å². The SMILES string of the molecule is CCn1cc(C(C)NC(=O)c2nn(C)c(C(F)(F)F)c2Br)c(C)n1. The molecule has 0 aliphatic rings. The lowest BCUT2D eigenvalue weighted by Gasteiger charge is -2.12. The molecule has 0 radical (unpaired) electrons. The number of hydrogen-bond donors (Lipinski definition) is 1. The molecule has 2 aromatic rings. The number of amides is 1. The van der Waals surface area contributed by atoms with Crippen LogP contribution in [0.25, 0.3) is 0 Å². The third-order valence-electron chi connectivity index (χ3n) is 3.60. The van der Waals surface area contributed by atoms with Crippen LogP contribution in [-0.4, -0.2) is 25.5 Å². The molecule has 0 aromatic carbocycles. The van der Waals surface area contributed by atoms with Crippen LogP contribution >= 0.6 is 15.9 Å². The molecule has 1 unspecified atom stereocenters. The monoisotopic (exact) mass is 407 g/mol. The van der Waals surface area contributed by atoms with Crippen LogP contribution in [0.4, 0.5) is 13.2 Å². The molecule has 0 aliphatic carbocycles. The summed E-state index contributed by atoms with van der Waals surface area (Å²) in [6, 6.07) is -0.416. The smallest absolute Gasteiger partial charge is 0.344 e. The van der Waals surface area contributed by atoms with Gasteiger partial charge in [-0.1, -0.05) is 0 Å². The molecule has 10 heteroatoms. The summed E-state index contributed by atoms with van der Waals surface area (Å²) in [5.41, 5.74) is 0.238. The summed E-state index contributed by atoms with van der Waals surface area (Å²) in [7, 11) is 1.14. The molecule has 2 aromatic heterocycles. The minimum atomic E-state index is -4.61. The lowest BCUT2D eigenvalue weighted by atomic mass is 10.1. The minimum absolute atomic E-state index is 0.308. The number of halogens is 4. The number of nitrogens with one attached hydrogen (secondary N) is 1. The molecule has 0 saturated heterocycles. The Morgan fingerprint density at radius 2 is 2.04 bits per heavy atom. The maximum absolute atomic E-state index is 13.0. The molecule has 1 atom stereocenters. The Hall–Kier alpha value is -1.84. The van der Waals surface area contributed by atoms with Crippen LogP contribution in [0.1, 0.15) is 47.3 Å². The summed E-state index contributed by atoms with van der Waals surface area (Å²) in [6.45, 7) is 6.16. The zero-order chi connectivity index (χ0) is 18.2. The van der Waals surface area contributed by atoms with E-state index in [2.05, 4.69) is 31.4 Å². The Bertz CT molecular complexity index is 765. The Morgan fingerprint density at radius 1 is 1.42 bits per heavy atom. The first-order valence-electron chi connectivity index (χ1n) is 7.20. The summed E-state index contributed by atoms with van der Waals surface area (Å²) >= 11 is 2.83. The van der Waals surface area contributed by atoms with Crippen molar-refractivity contribution < 1.29 is 18.0 Å². The van der Waals surface area contributed by atoms with E-state index in [0.717, 1.165) is 18.3 Å². The molecule has 1 N–H and O–H groups in total. The van der Waals surface area contributed by atoms with E-state index in [1.165, 1.54) is 0 Å². The molecule has 0 saturated carbocycles. The number of aryl methyl sites for hydroxylation is 3. The van der Waals surface area contributed by atoms with E-state index in [1.54, 1.807) is 17.8 Å². The maximum Gasteiger partial charge on any atom is 0.434 e. The van der Waals surface area contributed by atoms with Crippen molar-refractivity contribution in [3.8, 4) is 0 Å². The second-order valence-corrected chi connectivity index (χ2v) is 6.15. The van der Waals surface area contributed by atoms with Gasteiger partial charge in [0.1, 0.15) is 0 Å². The number of hydrogen-bond acceptors (Lipinski definition) is 3. The first-order chi connectivity index (χ1) is 11.1. The van der Waals surface area contributed by atoms with Gasteiger partial charge in [-0.2, -0.15) is 23.4 Å². The molecular formula is C14H17BrF3N5O. The van der Waals surface area contributed by atoms with E-state index in [1.807, 2.05) is 13.8 Å². The second kappa shape index (κ2) is 6.58. The minimum Gasteiger partial charge on any atom is -0.344 e. The predicted molar refractivity (Wildman–Crippen MR) is 84.4 cm³/mol. The highest BCUT2D eigenvalue weighted by molar-refractivity contribution is 9.10. The number of rotatable bonds is 4. The van der Waals surface area contributed by atoms with E-state index in [4.69, 9.17) is 0 Å². The van der Waals surface area contributed by atoms with Crippen molar-refractivity contribution in [1.82, 2.24) is 24.9 Å². The molecule has 1 amide bonds. The van der Waals surface area contributed by atoms with Gasteiger partial charge >= 0.3 is 6.18 Å². The Kier molecular flexibility index (Phi) is 5.07. The van der Waals surface area contributed by atoms with Gasteiger partial charge in [0.15, 0.2) is 11.4 Å². The standard InChI is InChI=1S/C14H17BrF3N5O/c1-5-23-6-9(8(3)20-23)7(2)19-13(24)11-10(15)12(14(16,17)18)22(4)21-11/h6-7H,5H2,1-4H3,(H,19,24). The van der Waals surface area contributed by atoms with Gasteiger partial charge in [0.25, 0.3) is 5.91 Å². The number of alkyl halides is 3. The molecule has 132 valence electrons. The number of nitrogens with zero attached hydrogens (tertiary/aromatic N) is 4. The quantitative estimate of drug-likeness (QED) is 0.845. The van der Waals surface area contributed by atoms with Crippen LogP contribution in [-0.2, 0) is 19.8 Å². The molecule has 0 fully saturated rings. The molecule has 0 bridgehead atoms. The van der Waals surface area contributed by atoms with E-state index >= 15 is 0 Å². The average Bonchev–Trinajstić information content (AvgIpc) is 2.98. The van der Waals surface area contributed by atoms with Crippen molar-refractivity contribution in [2.75, 3.05) is 0 Å². The van der Waals surface area contributed by atoms with Crippen molar-refractivity contribution in [3.63, 3.8) is 0 Å². The van der Waals surface area contributed by atoms with Crippen LogP contribution in [0.5, 0.6) is 0 Å². The zero-order valence-corrected chi connectivity index (χ0v) is 15.2. The van der Waals surface area contributed by atoms with Crippen LogP contribution in [0.2, 0.25) is 0 Å². The predicted octanol–water partition coefficient (Wildman–Crippen LogP) is 3.22. The Balaban J connectivity index is 2.25. The Morgan fingerprint density at radius 3 is 2.50 bits per heavy atom. The van der Waals surface area contributed by atoms with E-state index in [-0.39, 0.29) is 10.2 Å². The maximum atomic E-state index is 13.0. The third-order valence-corrected chi connectivity index (χ3v) is 4.35. The van der Waals surface area contributed by atoms with Gasteiger partial charge in [-0.25, -0.2) is 0 Å². The van der Waals surface area contributed by atoms with Gasteiger partial charge in [0, 0.05) is 25.4 Å². The van der Waals surface area contributed by atoms with Crippen molar-refractivity contribution in [1.29, 1.82) is 0 Å². The van der Waals surface area contributed by atoms with Crippen molar-refractivity contribution in [3.05, 3.63) is 33.3 Å². The van der Waals surface area contributed by atoms with Crippen molar-refractivity contribution in [2.24, 2.45) is 7.05 Å².